The van der Waals surface area contributed by atoms with Crippen molar-refractivity contribution in [2.24, 2.45) is 0 Å². The van der Waals surface area contributed by atoms with Crippen LogP contribution in [0.1, 0.15) is 10.4 Å². The molecule has 0 spiro atoms. The molecule has 110 valence electrons. The van der Waals surface area contributed by atoms with Crippen molar-refractivity contribution in [2.45, 2.75) is 4.90 Å². The highest BCUT2D eigenvalue weighted by molar-refractivity contribution is 9.10. The molecule has 0 aliphatic carbocycles. The number of benzene rings is 1. The predicted molar refractivity (Wildman–Crippen MR) is 83.8 cm³/mol. The van der Waals surface area contributed by atoms with E-state index >= 15 is 0 Å². The summed E-state index contributed by atoms with van der Waals surface area (Å²) >= 11 is 6.24. The fourth-order valence-corrected chi connectivity index (χ4v) is 4.04. The normalized spacial score (nSPS) is 11.1. The Hall–Kier alpha value is -1.45. The Kier molecular flexibility index (Phi) is 4.64. The van der Waals surface area contributed by atoms with Crippen LogP contribution >= 0.6 is 31.9 Å². The Morgan fingerprint density at radius 1 is 1.24 bits per heavy atom. The van der Waals surface area contributed by atoms with Gasteiger partial charge in [0.1, 0.15) is 9.50 Å². The van der Waals surface area contributed by atoms with Crippen LogP contribution in [-0.2, 0) is 10.0 Å². The molecule has 0 radical (unpaired) electrons. The molecule has 0 unspecified atom stereocenters. The molecule has 6 nitrogen and oxygen atoms in total. The number of nitrogens with one attached hydrogen (secondary N) is 1. The molecule has 0 saturated carbocycles. The third kappa shape index (κ3) is 3.60. The van der Waals surface area contributed by atoms with E-state index < -0.39 is 16.0 Å². The van der Waals surface area contributed by atoms with Crippen LogP contribution in [0.4, 0.5) is 5.69 Å². The maximum absolute atomic E-state index is 12.4. The number of hydrogen-bond donors (Lipinski definition) is 2. The topological polar surface area (TPSA) is 96.4 Å². The Morgan fingerprint density at radius 2 is 1.95 bits per heavy atom. The van der Waals surface area contributed by atoms with E-state index in [-0.39, 0.29) is 20.6 Å². The first-order chi connectivity index (χ1) is 9.81. The molecule has 1 heterocycles. The van der Waals surface area contributed by atoms with Crippen LogP contribution in [0.2, 0.25) is 0 Å². The monoisotopic (exact) mass is 434 g/mol. The van der Waals surface area contributed by atoms with Crippen LogP contribution in [-0.4, -0.2) is 24.5 Å². The number of anilines is 1. The van der Waals surface area contributed by atoms with Gasteiger partial charge in [0, 0.05) is 10.7 Å². The highest BCUT2D eigenvalue weighted by atomic mass is 79.9. The van der Waals surface area contributed by atoms with E-state index in [2.05, 4.69) is 41.6 Å². The summed E-state index contributed by atoms with van der Waals surface area (Å²) in [6.45, 7) is 0. The van der Waals surface area contributed by atoms with Crippen molar-refractivity contribution in [3.8, 4) is 0 Å². The van der Waals surface area contributed by atoms with Gasteiger partial charge in [0.25, 0.3) is 10.0 Å². The van der Waals surface area contributed by atoms with Crippen LogP contribution in [0.15, 0.2) is 50.5 Å². The molecule has 0 atom stereocenters. The van der Waals surface area contributed by atoms with Crippen molar-refractivity contribution in [2.75, 3.05) is 4.72 Å². The molecule has 0 fully saturated rings. The molecule has 9 heteroatoms. The first-order valence-corrected chi connectivity index (χ1v) is 8.54. The standard InChI is InChI=1S/C12H8Br2N2O4S/c13-8-4-3-7(12(17)18)6-10(8)21(19,20)16-9-2-1-5-15-11(9)14/h1-6,16H,(H,17,18). The summed E-state index contributed by atoms with van der Waals surface area (Å²) < 4.78 is 27.7. The van der Waals surface area contributed by atoms with Gasteiger partial charge in [-0.2, -0.15) is 0 Å². The van der Waals surface area contributed by atoms with Crippen molar-refractivity contribution in [3.05, 3.63) is 51.2 Å². The summed E-state index contributed by atoms with van der Waals surface area (Å²) in [5.41, 5.74) is 0.133. The fraction of sp³-hybridized carbons (Fsp3) is 0. The van der Waals surface area contributed by atoms with Crippen molar-refractivity contribution in [1.82, 2.24) is 4.98 Å². The summed E-state index contributed by atoms with van der Waals surface area (Å²) in [6, 6.07) is 6.87. The minimum absolute atomic E-state index is 0.121. The van der Waals surface area contributed by atoms with E-state index in [1.165, 1.54) is 24.4 Å². The van der Waals surface area contributed by atoms with Crippen LogP contribution in [0.5, 0.6) is 0 Å². The van der Waals surface area contributed by atoms with Crippen molar-refractivity contribution < 1.29 is 18.3 Å². The van der Waals surface area contributed by atoms with Gasteiger partial charge in [-0.25, -0.2) is 18.2 Å². The number of carboxylic acid groups (broad SMARTS) is 1. The molecule has 2 aromatic rings. The lowest BCUT2D eigenvalue weighted by Crippen LogP contribution is -2.15. The minimum atomic E-state index is -3.95. The lowest BCUT2D eigenvalue weighted by Gasteiger charge is -2.11. The molecular weight excluding hydrogens is 428 g/mol. The zero-order valence-corrected chi connectivity index (χ0v) is 14.2. The van der Waals surface area contributed by atoms with E-state index in [1.54, 1.807) is 6.07 Å². The second-order valence-corrected chi connectivity index (χ2v) is 7.15. The fourth-order valence-electron chi connectivity index (χ4n) is 1.50. The quantitative estimate of drug-likeness (QED) is 0.719. The van der Waals surface area contributed by atoms with Crippen molar-refractivity contribution >= 4 is 53.5 Å². The molecular formula is C12H8Br2N2O4S. The zero-order chi connectivity index (χ0) is 15.6. The molecule has 1 aromatic carbocycles. The van der Waals surface area contributed by atoms with Gasteiger partial charge in [-0.15, -0.1) is 0 Å². The van der Waals surface area contributed by atoms with E-state index in [9.17, 15) is 13.2 Å². The zero-order valence-electron chi connectivity index (χ0n) is 10.2. The number of pyridine rings is 1. The Labute approximate surface area is 137 Å². The minimum Gasteiger partial charge on any atom is -0.478 e. The maximum Gasteiger partial charge on any atom is 0.335 e. The molecule has 2 N–H and O–H groups in total. The summed E-state index contributed by atoms with van der Waals surface area (Å²) in [4.78, 5) is 14.7. The molecule has 2 rings (SSSR count). The number of halogens is 2. The van der Waals surface area contributed by atoms with Gasteiger partial charge in [-0.1, -0.05) is 0 Å². The number of hydrogen-bond acceptors (Lipinski definition) is 4. The highest BCUT2D eigenvalue weighted by Crippen LogP contribution is 2.27. The molecule has 0 bridgehead atoms. The van der Waals surface area contributed by atoms with Crippen molar-refractivity contribution in [3.63, 3.8) is 0 Å². The first kappa shape index (κ1) is 15.9. The molecule has 0 aliphatic heterocycles. The van der Waals surface area contributed by atoms with E-state index in [0.29, 0.717) is 4.60 Å². The van der Waals surface area contributed by atoms with E-state index in [0.717, 1.165) is 6.07 Å². The van der Waals surface area contributed by atoms with Gasteiger partial charge in [0.2, 0.25) is 0 Å². The predicted octanol–water partition coefficient (Wildman–Crippen LogP) is 3.11. The molecule has 0 saturated heterocycles. The van der Waals surface area contributed by atoms with Gasteiger partial charge >= 0.3 is 5.97 Å². The largest absolute Gasteiger partial charge is 0.478 e. The number of sulfonamides is 1. The smallest absolute Gasteiger partial charge is 0.335 e. The second-order valence-electron chi connectivity index (χ2n) is 3.90. The lowest BCUT2D eigenvalue weighted by atomic mass is 10.2. The Morgan fingerprint density at radius 3 is 2.57 bits per heavy atom. The summed E-state index contributed by atoms with van der Waals surface area (Å²) in [7, 11) is -3.95. The third-order valence-electron chi connectivity index (χ3n) is 2.47. The van der Waals surface area contributed by atoms with Crippen LogP contribution in [0.25, 0.3) is 0 Å². The number of aromatic nitrogens is 1. The van der Waals surface area contributed by atoms with Gasteiger partial charge in [0.15, 0.2) is 0 Å². The van der Waals surface area contributed by atoms with E-state index in [1.807, 2.05) is 0 Å². The number of carbonyl (C=O) groups is 1. The maximum atomic E-state index is 12.4. The number of aromatic carboxylic acids is 1. The summed E-state index contributed by atoms with van der Waals surface area (Å²) in [6.07, 6.45) is 1.50. The highest BCUT2D eigenvalue weighted by Gasteiger charge is 2.21. The third-order valence-corrected chi connectivity index (χ3v) is 5.46. The average molecular weight is 436 g/mol. The first-order valence-electron chi connectivity index (χ1n) is 5.47. The molecule has 1 aromatic heterocycles. The SMILES string of the molecule is O=C(O)c1ccc(Br)c(S(=O)(=O)Nc2cccnc2Br)c1. The van der Waals surface area contributed by atoms with E-state index in [4.69, 9.17) is 5.11 Å². The summed E-state index contributed by atoms with van der Waals surface area (Å²) in [5, 5.41) is 8.95. The second kappa shape index (κ2) is 6.12. The van der Waals surface area contributed by atoms with Crippen molar-refractivity contribution in [1.29, 1.82) is 0 Å². The van der Waals surface area contributed by atoms with Gasteiger partial charge in [-0.05, 0) is 62.2 Å². The Balaban J connectivity index is 2.47. The summed E-state index contributed by atoms with van der Waals surface area (Å²) in [5.74, 6) is -1.21. The van der Waals surface area contributed by atoms with Gasteiger partial charge in [0.05, 0.1) is 11.3 Å². The number of rotatable bonds is 4. The van der Waals surface area contributed by atoms with Crippen LogP contribution in [0.3, 0.4) is 0 Å². The van der Waals surface area contributed by atoms with Crippen LogP contribution in [0, 0.1) is 0 Å². The average Bonchev–Trinajstić information content (AvgIpc) is 2.41. The molecule has 0 aliphatic rings. The number of carboxylic acids is 1. The van der Waals surface area contributed by atoms with Gasteiger partial charge < -0.3 is 5.11 Å². The Bertz CT molecular complexity index is 809. The number of nitrogens with zero attached hydrogens (tertiary/aromatic N) is 1. The molecule has 21 heavy (non-hydrogen) atoms. The lowest BCUT2D eigenvalue weighted by molar-refractivity contribution is 0.0696. The molecule has 0 amide bonds. The van der Waals surface area contributed by atoms with Crippen LogP contribution < -0.4 is 4.72 Å². The van der Waals surface area contributed by atoms with Gasteiger partial charge in [-0.3, -0.25) is 4.72 Å².